The maximum absolute atomic E-state index is 12.1. The molecule has 1 aliphatic rings. The Kier molecular flexibility index (Phi) is 4.84. The Morgan fingerprint density at radius 1 is 1.20 bits per heavy atom. The maximum Gasteiger partial charge on any atom is 0.312 e. The molecule has 25 heavy (non-hydrogen) atoms. The number of nitrogens with one attached hydrogen (secondary N) is 1. The smallest absolute Gasteiger partial charge is 0.312 e. The van der Waals surface area contributed by atoms with E-state index in [9.17, 15) is 14.4 Å². The molecular weight excluding hydrogens is 342 g/mol. The topological polar surface area (TPSA) is 87.0 Å². The average Bonchev–Trinajstić information content (AvgIpc) is 2.94. The number of para-hydroxylation sites is 1. The zero-order chi connectivity index (χ0) is 18.0. The van der Waals surface area contributed by atoms with Gasteiger partial charge in [0.1, 0.15) is 6.54 Å². The van der Waals surface area contributed by atoms with Crippen molar-refractivity contribution in [2.75, 3.05) is 26.2 Å². The fourth-order valence-corrected chi connectivity index (χ4v) is 3.65. The van der Waals surface area contributed by atoms with Crippen LogP contribution in [-0.2, 0) is 21.4 Å². The maximum atomic E-state index is 12.1. The Morgan fingerprint density at radius 3 is 2.60 bits per heavy atom. The first kappa shape index (κ1) is 17.2. The first-order valence-electron chi connectivity index (χ1n) is 7.96. The van der Waals surface area contributed by atoms with E-state index in [1.54, 1.807) is 0 Å². The molecule has 0 saturated carbocycles. The molecule has 0 aliphatic carbocycles. The van der Waals surface area contributed by atoms with Crippen LogP contribution < -0.4 is 10.2 Å². The van der Waals surface area contributed by atoms with E-state index in [4.69, 9.17) is 0 Å². The highest BCUT2D eigenvalue weighted by atomic mass is 32.1. The van der Waals surface area contributed by atoms with E-state index < -0.39 is 17.7 Å². The van der Waals surface area contributed by atoms with Crippen molar-refractivity contribution in [1.29, 1.82) is 0 Å². The Hall–Kier alpha value is -2.68. The molecule has 0 bridgehead atoms. The highest BCUT2D eigenvalue weighted by Gasteiger charge is 2.32. The number of thiazole rings is 1. The van der Waals surface area contributed by atoms with Gasteiger partial charge in [-0.3, -0.25) is 14.4 Å². The lowest BCUT2D eigenvalue weighted by atomic mass is 10.3. The summed E-state index contributed by atoms with van der Waals surface area (Å²) in [5, 5.41) is 4.13. The molecule has 132 valence electrons. The lowest BCUT2D eigenvalue weighted by Crippen LogP contribution is -2.56. The Morgan fingerprint density at radius 2 is 1.88 bits per heavy atom. The number of hydrogen-bond acceptors (Lipinski definition) is 5. The van der Waals surface area contributed by atoms with Crippen molar-refractivity contribution < 1.29 is 14.4 Å². The SMILES string of the molecule is CCN1CCN(CC(=O)N/N=c2/sc3ccccc3n2C)C(=O)C1=O. The van der Waals surface area contributed by atoms with Crippen LogP contribution in [0.3, 0.4) is 0 Å². The van der Waals surface area contributed by atoms with Crippen molar-refractivity contribution in [2.45, 2.75) is 6.92 Å². The molecule has 1 fully saturated rings. The van der Waals surface area contributed by atoms with Crippen molar-refractivity contribution in [3.05, 3.63) is 29.1 Å². The summed E-state index contributed by atoms with van der Waals surface area (Å²) in [7, 11) is 1.87. The van der Waals surface area contributed by atoms with Gasteiger partial charge in [-0.2, -0.15) is 0 Å². The number of piperazine rings is 1. The van der Waals surface area contributed by atoms with Crippen LogP contribution in [0.25, 0.3) is 10.2 Å². The van der Waals surface area contributed by atoms with Crippen molar-refractivity contribution in [3.8, 4) is 0 Å². The minimum Gasteiger partial charge on any atom is -0.333 e. The van der Waals surface area contributed by atoms with Crippen LogP contribution in [0, 0.1) is 0 Å². The second-order valence-corrected chi connectivity index (χ2v) is 6.68. The zero-order valence-corrected chi connectivity index (χ0v) is 14.9. The summed E-state index contributed by atoms with van der Waals surface area (Å²) in [5.74, 6) is -1.63. The summed E-state index contributed by atoms with van der Waals surface area (Å²) in [4.78, 5) is 39.3. The van der Waals surface area contributed by atoms with Crippen LogP contribution in [0.1, 0.15) is 6.92 Å². The zero-order valence-electron chi connectivity index (χ0n) is 14.1. The summed E-state index contributed by atoms with van der Waals surface area (Å²) in [6, 6.07) is 7.85. The number of hydrogen-bond donors (Lipinski definition) is 1. The molecule has 0 atom stereocenters. The third-order valence-corrected chi connectivity index (χ3v) is 5.22. The molecule has 0 radical (unpaired) electrons. The normalized spacial score (nSPS) is 16.0. The van der Waals surface area contributed by atoms with Crippen LogP contribution >= 0.6 is 11.3 Å². The number of fused-ring (bicyclic) bond motifs is 1. The van der Waals surface area contributed by atoms with Gasteiger partial charge in [-0.05, 0) is 19.1 Å². The van der Waals surface area contributed by atoms with Gasteiger partial charge in [0.15, 0.2) is 0 Å². The molecule has 1 saturated heterocycles. The molecule has 9 heteroatoms. The van der Waals surface area contributed by atoms with E-state index >= 15 is 0 Å². The number of nitrogens with zero attached hydrogens (tertiary/aromatic N) is 4. The predicted molar refractivity (Wildman–Crippen MR) is 93.3 cm³/mol. The number of benzene rings is 1. The Labute approximate surface area is 148 Å². The van der Waals surface area contributed by atoms with E-state index in [-0.39, 0.29) is 6.54 Å². The number of carbonyl (C=O) groups is 3. The minimum absolute atomic E-state index is 0.180. The standard InChI is InChI=1S/C16H19N5O3S/c1-3-20-8-9-21(15(24)14(20)23)10-13(22)17-18-16-19(2)11-6-4-5-7-12(11)25-16/h4-7H,3,8-10H2,1-2H3,(H,17,22)/b18-16+. The molecule has 1 aromatic carbocycles. The molecule has 0 spiro atoms. The average molecular weight is 361 g/mol. The lowest BCUT2D eigenvalue weighted by molar-refractivity contribution is -0.156. The Balaban J connectivity index is 1.67. The van der Waals surface area contributed by atoms with Gasteiger partial charge in [0.25, 0.3) is 5.91 Å². The number of likely N-dealkylation sites (N-methyl/N-ethyl adjacent to an activating group) is 1. The van der Waals surface area contributed by atoms with E-state index in [1.807, 2.05) is 42.8 Å². The van der Waals surface area contributed by atoms with Gasteiger partial charge in [0, 0.05) is 26.7 Å². The highest BCUT2D eigenvalue weighted by Crippen LogP contribution is 2.14. The highest BCUT2D eigenvalue weighted by molar-refractivity contribution is 7.16. The van der Waals surface area contributed by atoms with Crippen molar-refractivity contribution in [1.82, 2.24) is 19.8 Å². The second kappa shape index (κ2) is 7.06. The fourth-order valence-electron chi connectivity index (χ4n) is 2.67. The molecule has 1 N–H and O–H groups in total. The van der Waals surface area contributed by atoms with Gasteiger partial charge >= 0.3 is 11.8 Å². The molecule has 3 rings (SSSR count). The molecule has 0 unspecified atom stereocenters. The number of rotatable bonds is 4. The van der Waals surface area contributed by atoms with Gasteiger partial charge in [0.2, 0.25) is 4.80 Å². The molecule has 2 heterocycles. The van der Waals surface area contributed by atoms with E-state index in [2.05, 4.69) is 10.5 Å². The van der Waals surface area contributed by atoms with Gasteiger partial charge in [-0.25, -0.2) is 5.43 Å². The summed E-state index contributed by atoms with van der Waals surface area (Å²) < 4.78 is 2.95. The van der Waals surface area contributed by atoms with Crippen molar-refractivity contribution in [2.24, 2.45) is 12.1 Å². The van der Waals surface area contributed by atoms with Crippen LogP contribution in [0.15, 0.2) is 29.4 Å². The first-order valence-corrected chi connectivity index (χ1v) is 8.78. The summed E-state index contributed by atoms with van der Waals surface area (Å²) in [5.41, 5.74) is 3.49. The van der Waals surface area contributed by atoms with Crippen LogP contribution in [0.5, 0.6) is 0 Å². The van der Waals surface area contributed by atoms with Crippen LogP contribution in [0.4, 0.5) is 0 Å². The predicted octanol–water partition coefficient (Wildman–Crippen LogP) is -0.138. The van der Waals surface area contributed by atoms with E-state index in [0.29, 0.717) is 24.4 Å². The number of aromatic nitrogens is 1. The van der Waals surface area contributed by atoms with Gasteiger partial charge in [-0.1, -0.05) is 23.5 Å². The third-order valence-electron chi connectivity index (χ3n) is 4.10. The monoisotopic (exact) mass is 361 g/mol. The van der Waals surface area contributed by atoms with Crippen LogP contribution in [0.2, 0.25) is 0 Å². The second-order valence-electron chi connectivity index (χ2n) is 5.67. The van der Waals surface area contributed by atoms with E-state index in [1.165, 1.54) is 21.1 Å². The van der Waals surface area contributed by atoms with Crippen LogP contribution in [-0.4, -0.2) is 58.3 Å². The summed E-state index contributed by atoms with van der Waals surface area (Å²) in [6.07, 6.45) is 0. The fraction of sp³-hybridized carbons (Fsp3) is 0.375. The molecule has 2 aromatic rings. The lowest BCUT2D eigenvalue weighted by Gasteiger charge is -2.32. The molecule has 1 aliphatic heterocycles. The molecule has 1 aromatic heterocycles. The first-order chi connectivity index (χ1) is 12.0. The number of carbonyl (C=O) groups excluding carboxylic acids is 3. The van der Waals surface area contributed by atoms with Gasteiger partial charge < -0.3 is 14.4 Å². The van der Waals surface area contributed by atoms with Crippen molar-refractivity contribution >= 4 is 39.3 Å². The Bertz CT molecular complexity index is 901. The minimum atomic E-state index is -0.643. The number of aryl methyl sites for hydroxylation is 1. The van der Waals surface area contributed by atoms with Gasteiger partial charge in [0.05, 0.1) is 10.2 Å². The van der Waals surface area contributed by atoms with Crippen molar-refractivity contribution in [3.63, 3.8) is 0 Å². The largest absolute Gasteiger partial charge is 0.333 e. The summed E-state index contributed by atoms with van der Waals surface area (Å²) in [6.45, 7) is 2.92. The summed E-state index contributed by atoms with van der Waals surface area (Å²) >= 11 is 1.46. The number of amides is 3. The third kappa shape index (κ3) is 3.41. The molecular formula is C16H19N5O3S. The quantitative estimate of drug-likeness (QED) is 0.608. The van der Waals surface area contributed by atoms with Gasteiger partial charge in [-0.15, -0.1) is 5.10 Å². The molecule has 3 amide bonds. The van der Waals surface area contributed by atoms with E-state index in [0.717, 1.165) is 10.2 Å². The molecule has 8 nitrogen and oxygen atoms in total.